The largest absolute Gasteiger partial charge is 0.477 e. The number of carboxylic acid groups (broad SMARTS) is 1. The van der Waals surface area contributed by atoms with Crippen molar-refractivity contribution >= 4 is 73.6 Å². The third-order valence-electron chi connectivity index (χ3n) is 4.13. The van der Waals surface area contributed by atoms with Crippen LogP contribution in [0.3, 0.4) is 0 Å². The summed E-state index contributed by atoms with van der Waals surface area (Å²) in [5, 5.41) is 23.6. The molecule has 0 unspecified atom stereocenters. The maximum absolute atomic E-state index is 12.6. The Morgan fingerprint density at radius 1 is 1.47 bits per heavy atom. The normalized spacial score (nSPS) is 21.1. The van der Waals surface area contributed by atoms with Gasteiger partial charge in [-0.05, 0) is 15.9 Å². The molecule has 2 aliphatic rings. The van der Waals surface area contributed by atoms with E-state index in [0.717, 1.165) is 16.2 Å². The first-order valence-electron chi connectivity index (χ1n) is 8.14. The van der Waals surface area contributed by atoms with E-state index in [2.05, 4.69) is 31.4 Å². The predicted molar refractivity (Wildman–Crippen MR) is 109 cm³/mol. The zero-order valence-electron chi connectivity index (χ0n) is 15.1. The van der Waals surface area contributed by atoms with Gasteiger partial charge in [-0.1, -0.05) is 16.5 Å². The number of nitrogens with zero attached hydrogens (tertiary/aromatic N) is 3. The summed E-state index contributed by atoms with van der Waals surface area (Å²) in [6.45, 7) is 0.937. The third-order valence-corrected chi connectivity index (χ3v) is 7.00. The van der Waals surface area contributed by atoms with Gasteiger partial charge in [0.15, 0.2) is 10.8 Å². The molecule has 2 aliphatic heterocycles. The van der Waals surface area contributed by atoms with Gasteiger partial charge in [-0.3, -0.25) is 19.3 Å². The molecule has 3 rings (SSSR count). The van der Waals surface area contributed by atoms with Gasteiger partial charge in [-0.2, -0.15) is 0 Å². The zero-order chi connectivity index (χ0) is 22.2. The molecule has 15 heteroatoms. The molecule has 0 bridgehead atoms. The molecule has 0 aliphatic carbocycles. The van der Waals surface area contributed by atoms with E-state index in [9.17, 15) is 29.5 Å². The fourth-order valence-corrected chi connectivity index (χ4v) is 5.52. The average Bonchev–Trinajstić information content (AvgIpc) is 3.01. The van der Waals surface area contributed by atoms with Gasteiger partial charge in [0.1, 0.15) is 33.2 Å². The van der Waals surface area contributed by atoms with Crippen LogP contribution in [-0.2, 0) is 23.9 Å². The fraction of sp³-hybridized carbons (Fsp3) is 0.333. The van der Waals surface area contributed by atoms with Gasteiger partial charge in [-0.25, -0.2) is 9.78 Å². The van der Waals surface area contributed by atoms with Crippen molar-refractivity contribution in [3.8, 4) is 0 Å². The van der Waals surface area contributed by atoms with Gasteiger partial charge in [-0.15, -0.1) is 11.8 Å². The number of halogens is 1. The highest BCUT2D eigenvalue weighted by Crippen LogP contribution is 2.40. The van der Waals surface area contributed by atoms with Crippen molar-refractivity contribution in [3.63, 3.8) is 0 Å². The molecule has 5 N–H and O–H groups in total. The number of aliphatic carboxylic acids is 1. The van der Waals surface area contributed by atoms with E-state index in [1.165, 1.54) is 18.7 Å². The topological polar surface area (TPSA) is 185 Å². The minimum absolute atomic E-state index is 0.00668. The summed E-state index contributed by atoms with van der Waals surface area (Å²) >= 11 is 5.39. The number of amides is 2. The van der Waals surface area contributed by atoms with Gasteiger partial charge < -0.3 is 26.1 Å². The molecule has 2 amide bonds. The van der Waals surface area contributed by atoms with E-state index in [1.54, 1.807) is 0 Å². The number of thiazole rings is 1. The van der Waals surface area contributed by atoms with Gasteiger partial charge >= 0.3 is 11.9 Å². The Bertz CT molecular complexity index is 1010. The number of ether oxygens (including phenoxy) is 1. The van der Waals surface area contributed by atoms with Gasteiger partial charge in [0.25, 0.3) is 11.8 Å². The number of aromatic nitrogens is 1. The van der Waals surface area contributed by atoms with E-state index in [-0.39, 0.29) is 34.5 Å². The average molecular weight is 520 g/mol. The van der Waals surface area contributed by atoms with Crippen LogP contribution in [0.1, 0.15) is 12.6 Å². The molecule has 2 atom stereocenters. The lowest BCUT2D eigenvalue weighted by Crippen LogP contribution is -2.71. The van der Waals surface area contributed by atoms with Crippen LogP contribution >= 0.6 is 39.0 Å². The summed E-state index contributed by atoms with van der Waals surface area (Å²) in [5.41, 5.74) is 5.13. The zero-order valence-corrected chi connectivity index (χ0v) is 18.3. The monoisotopic (exact) mass is 519 g/mol. The van der Waals surface area contributed by atoms with E-state index in [0.29, 0.717) is 3.79 Å². The smallest absolute Gasteiger partial charge is 0.352 e. The van der Waals surface area contributed by atoms with Crippen molar-refractivity contribution in [2.24, 2.45) is 5.16 Å². The maximum atomic E-state index is 12.6. The van der Waals surface area contributed by atoms with Crippen LogP contribution in [0.5, 0.6) is 0 Å². The quantitative estimate of drug-likeness (QED) is 0.131. The molecule has 0 radical (unpaired) electrons. The molecule has 160 valence electrons. The second kappa shape index (κ2) is 8.61. The van der Waals surface area contributed by atoms with Crippen LogP contribution in [0.2, 0.25) is 0 Å². The summed E-state index contributed by atoms with van der Waals surface area (Å²) in [5.74, 6) is -3.28. The van der Waals surface area contributed by atoms with E-state index >= 15 is 0 Å². The predicted octanol–water partition coefficient (Wildman–Crippen LogP) is -0.0322. The highest BCUT2D eigenvalue weighted by Gasteiger charge is 2.54. The van der Waals surface area contributed by atoms with Crippen molar-refractivity contribution in [1.29, 1.82) is 0 Å². The highest BCUT2D eigenvalue weighted by molar-refractivity contribution is 9.11. The second-order valence-corrected chi connectivity index (χ2v) is 9.48. The number of thioether (sulfide) groups is 1. The summed E-state index contributed by atoms with van der Waals surface area (Å²) in [6, 6.07) is -1.04. The van der Waals surface area contributed by atoms with E-state index in [1.807, 2.05) is 0 Å². The number of fused-ring (bicyclic) bond motifs is 1. The SMILES string of the molecule is CC(=O)OCC1=C(C(=O)O)N2C(=O)[C@@H](NC(=O)C(=NO)c3nc(N)sc3Br)[C@H]2SC1. The van der Waals surface area contributed by atoms with Crippen LogP contribution in [0.25, 0.3) is 0 Å². The molecule has 1 fully saturated rings. The van der Waals surface area contributed by atoms with E-state index in [4.69, 9.17) is 10.5 Å². The fourth-order valence-electron chi connectivity index (χ4n) is 2.86. The Labute approximate surface area is 185 Å². The number of carboxylic acids is 1. The van der Waals surface area contributed by atoms with Gasteiger partial charge in [0.05, 0.1) is 0 Å². The molecule has 30 heavy (non-hydrogen) atoms. The van der Waals surface area contributed by atoms with Crippen molar-refractivity contribution in [1.82, 2.24) is 15.2 Å². The number of nitrogen functional groups attached to an aromatic ring is 1. The van der Waals surface area contributed by atoms with Crippen LogP contribution in [-0.4, -0.2) is 73.4 Å². The minimum Gasteiger partial charge on any atom is -0.477 e. The molecule has 3 heterocycles. The molecule has 12 nitrogen and oxygen atoms in total. The Morgan fingerprint density at radius 3 is 2.70 bits per heavy atom. The lowest BCUT2D eigenvalue weighted by Gasteiger charge is -2.49. The number of esters is 1. The molecule has 1 aromatic rings. The molecule has 1 saturated heterocycles. The van der Waals surface area contributed by atoms with E-state index < -0.39 is 40.9 Å². The molecular weight excluding hydrogens is 506 g/mol. The van der Waals surface area contributed by atoms with Crippen LogP contribution in [0.15, 0.2) is 20.2 Å². The minimum atomic E-state index is -1.35. The maximum Gasteiger partial charge on any atom is 0.352 e. The number of carbonyl (C=O) groups excluding carboxylic acids is 3. The summed E-state index contributed by atoms with van der Waals surface area (Å²) in [6.07, 6.45) is 0. The molecule has 1 aromatic heterocycles. The van der Waals surface area contributed by atoms with Crippen LogP contribution < -0.4 is 11.1 Å². The number of oxime groups is 1. The Hall–Kier alpha value is -2.65. The lowest BCUT2D eigenvalue weighted by molar-refractivity contribution is -0.150. The number of hydrogen-bond acceptors (Lipinski definition) is 11. The van der Waals surface area contributed by atoms with Crippen molar-refractivity contribution in [2.45, 2.75) is 18.3 Å². The van der Waals surface area contributed by atoms with Crippen LogP contribution in [0, 0.1) is 0 Å². The lowest BCUT2D eigenvalue weighted by atomic mass is 10.0. The van der Waals surface area contributed by atoms with Gasteiger partial charge in [0.2, 0.25) is 0 Å². The highest BCUT2D eigenvalue weighted by atomic mass is 79.9. The summed E-state index contributed by atoms with van der Waals surface area (Å²) in [7, 11) is 0. The molecule has 0 spiro atoms. The Morgan fingerprint density at radius 2 is 2.17 bits per heavy atom. The van der Waals surface area contributed by atoms with Gasteiger partial charge in [0, 0.05) is 18.2 Å². The number of nitrogens with two attached hydrogens (primary N) is 1. The van der Waals surface area contributed by atoms with Crippen molar-refractivity contribution in [3.05, 3.63) is 20.8 Å². The number of β-lactam (4-membered cyclic amide) rings is 1. The Kier molecular flexibility index (Phi) is 6.33. The second-order valence-electron chi connectivity index (χ2n) is 6.02. The molecule has 0 aromatic carbocycles. The first kappa shape index (κ1) is 22.0. The number of hydrogen-bond donors (Lipinski definition) is 4. The standard InChI is InChI=1S/C15H14BrN5O7S2/c1-4(22)28-2-5-3-29-13-8(12(24)21(13)9(5)14(25)26)18-11(23)7(20-27)6-10(16)30-15(17)19-6/h8,13,27H,2-3H2,1H3,(H2,17,19)(H,18,23)(H,25,26)/t8-,13-/m1/s1. The first-order chi connectivity index (χ1) is 14.1. The summed E-state index contributed by atoms with van der Waals surface area (Å²) in [4.78, 5) is 52.8. The first-order valence-corrected chi connectivity index (χ1v) is 10.8. The number of nitrogens with one attached hydrogen (secondary N) is 1. The molecular formula is C15H14BrN5O7S2. The number of anilines is 1. The molecule has 0 saturated carbocycles. The van der Waals surface area contributed by atoms with Crippen LogP contribution in [0.4, 0.5) is 5.13 Å². The summed E-state index contributed by atoms with van der Waals surface area (Å²) < 4.78 is 5.22. The van der Waals surface area contributed by atoms with Crippen molar-refractivity contribution < 1.29 is 34.2 Å². The van der Waals surface area contributed by atoms with Crippen molar-refractivity contribution in [2.75, 3.05) is 18.1 Å². The Balaban J connectivity index is 1.78. The number of carbonyl (C=O) groups is 4. The third kappa shape index (κ3) is 3.99. The number of rotatable bonds is 6.